The van der Waals surface area contributed by atoms with E-state index in [0.29, 0.717) is 5.56 Å². The van der Waals surface area contributed by atoms with E-state index in [-0.39, 0.29) is 23.1 Å². The van der Waals surface area contributed by atoms with Crippen LogP contribution in [0.4, 0.5) is 8.78 Å². The number of benzene rings is 2. The molecular weight excluding hydrogens is 362 g/mol. The Hall–Kier alpha value is -2.84. The lowest BCUT2D eigenvalue weighted by atomic mass is 10.3. The van der Waals surface area contributed by atoms with E-state index in [9.17, 15) is 17.2 Å². The van der Waals surface area contributed by atoms with Gasteiger partial charge in [-0.2, -0.15) is 0 Å². The first-order valence-electron chi connectivity index (χ1n) is 7.56. The quantitative estimate of drug-likeness (QED) is 0.713. The highest BCUT2D eigenvalue weighted by Gasteiger charge is 2.16. The van der Waals surface area contributed by atoms with E-state index in [0.717, 1.165) is 12.1 Å². The third-order valence-corrected chi connectivity index (χ3v) is 4.82. The second-order valence-electron chi connectivity index (χ2n) is 5.31. The molecule has 3 aromatic rings. The number of hydrogen-bond donors (Lipinski definition) is 1. The van der Waals surface area contributed by atoms with Crippen molar-refractivity contribution in [2.45, 2.75) is 11.4 Å². The van der Waals surface area contributed by atoms with Crippen LogP contribution < -0.4 is 9.46 Å². The first kappa shape index (κ1) is 18.0. The van der Waals surface area contributed by atoms with Gasteiger partial charge in [0.05, 0.1) is 4.90 Å². The molecule has 26 heavy (non-hydrogen) atoms. The first-order chi connectivity index (χ1) is 12.4. The van der Waals surface area contributed by atoms with Gasteiger partial charge in [-0.3, -0.25) is 0 Å². The number of pyridine rings is 1. The van der Waals surface area contributed by atoms with Crippen molar-refractivity contribution < 1.29 is 21.9 Å². The molecule has 2 aromatic carbocycles. The van der Waals surface area contributed by atoms with Crippen LogP contribution in [-0.2, 0) is 16.6 Å². The van der Waals surface area contributed by atoms with Gasteiger partial charge in [0.2, 0.25) is 15.9 Å². The normalized spacial score (nSPS) is 11.3. The van der Waals surface area contributed by atoms with Gasteiger partial charge in [0.1, 0.15) is 17.4 Å². The van der Waals surface area contributed by atoms with E-state index in [1.807, 2.05) is 0 Å². The molecule has 0 unspecified atom stereocenters. The number of ether oxygens (including phenoxy) is 1. The Morgan fingerprint density at radius 3 is 2.42 bits per heavy atom. The minimum absolute atomic E-state index is 0.128. The molecule has 1 aromatic heterocycles. The molecule has 0 spiro atoms. The van der Waals surface area contributed by atoms with Crippen LogP contribution in [0, 0.1) is 11.6 Å². The Kier molecular flexibility index (Phi) is 5.24. The SMILES string of the molecule is O=S(=O)(NCc1cccnc1Oc1cccc(F)c1)c1cccc(F)c1. The molecule has 0 bridgehead atoms. The first-order valence-corrected chi connectivity index (χ1v) is 9.05. The Bertz CT molecular complexity index is 1030. The highest BCUT2D eigenvalue weighted by atomic mass is 32.2. The molecule has 0 fully saturated rings. The van der Waals surface area contributed by atoms with Gasteiger partial charge in [-0.05, 0) is 36.4 Å². The van der Waals surface area contributed by atoms with Gasteiger partial charge < -0.3 is 4.74 Å². The molecule has 3 rings (SSSR count). The molecule has 0 radical (unpaired) electrons. The van der Waals surface area contributed by atoms with Crippen molar-refractivity contribution in [3.63, 3.8) is 0 Å². The Morgan fingerprint density at radius 1 is 0.962 bits per heavy atom. The maximum Gasteiger partial charge on any atom is 0.240 e. The predicted octanol–water partition coefficient (Wildman–Crippen LogP) is 3.63. The summed E-state index contributed by atoms with van der Waals surface area (Å²) in [4.78, 5) is 3.87. The lowest BCUT2D eigenvalue weighted by Crippen LogP contribution is -2.23. The van der Waals surface area contributed by atoms with E-state index in [2.05, 4.69) is 9.71 Å². The van der Waals surface area contributed by atoms with Gasteiger partial charge >= 0.3 is 0 Å². The number of sulfonamides is 1. The smallest absolute Gasteiger partial charge is 0.240 e. The molecule has 0 aliphatic carbocycles. The maximum atomic E-state index is 13.3. The third-order valence-electron chi connectivity index (χ3n) is 3.42. The molecule has 0 atom stereocenters. The third kappa shape index (κ3) is 4.41. The summed E-state index contributed by atoms with van der Waals surface area (Å²) in [6, 6.07) is 13.4. The van der Waals surface area contributed by atoms with Crippen molar-refractivity contribution in [1.82, 2.24) is 9.71 Å². The molecule has 0 saturated carbocycles. The number of hydrogen-bond acceptors (Lipinski definition) is 4. The second-order valence-corrected chi connectivity index (χ2v) is 7.08. The summed E-state index contributed by atoms with van der Waals surface area (Å²) in [6.45, 7) is -0.128. The van der Waals surface area contributed by atoms with E-state index >= 15 is 0 Å². The van der Waals surface area contributed by atoms with Gasteiger partial charge in [-0.25, -0.2) is 26.9 Å². The topological polar surface area (TPSA) is 68.3 Å². The fourth-order valence-corrected chi connectivity index (χ4v) is 3.22. The van der Waals surface area contributed by atoms with Gasteiger partial charge in [0.15, 0.2) is 0 Å². The zero-order valence-electron chi connectivity index (χ0n) is 13.4. The van der Waals surface area contributed by atoms with Gasteiger partial charge in [-0.15, -0.1) is 0 Å². The summed E-state index contributed by atoms with van der Waals surface area (Å²) in [5, 5.41) is 0. The molecule has 0 saturated heterocycles. The van der Waals surface area contributed by atoms with Crippen LogP contribution in [0.5, 0.6) is 11.6 Å². The van der Waals surface area contributed by atoms with E-state index in [1.165, 1.54) is 36.5 Å². The minimum atomic E-state index is -3.91. The van der Waals surface area contributed by atoms with Crippen LogP contribution in [0.2, 0.25) is 0 Å². The maximum absolute atomic E-state index is 13.3. The Labute approximate surface area is 149 Å². The molecule has 1 heterocycles. The van der Waals surface area contributed by atoms with Gasteiger partial charge in [-0.1, -0.05) is 18.2 Å². The fourth-order valence-electron chi connectivity index (χ4n) is 2.18. The zero-order chi connectivity index (χ0) is 18.6. The zero-order valence-corrected chi connectivity index (χ0v) is 14.2. The number of aromatic nitrogens is 1. The fraction of sp³-hybridized carbons (Fsp3) is 0.0556. The lowest BCUT2D eigenvalue weighted by molar-refractivity contribution is 0.451. The number of nitrogens with zero attached hydrogens (tertiary/aromatic N) is 1. The van der Waals surface area contributed by atoms with Crippen LogP contribution in [-0.4, -0.2) is 13.4 Å². The van der Waals surface area contributed by atoms with Gasteiger partial charge in [0, 0.05) is 24.4 Å². The summed E-state index contributed by atoms with van der Waals surface area (Å²) < 4.78 is 59.0. The highest BCUT2D eigenvalue weighted by Crippen LogP contribution is 2.23. The summed E-state index contributed by atoms with van der Waals surface area (Å²) >= 11 is 0. The molecular formula is C18H14F2N2O3S. The van der Waals surface area contributed by atoms with Crippen LogP contribution in [0.3, 0.4) is 0 Å². The molecule has 1 N–H and O–H groups in total. The van der Waals surface area contributed by atoms with Crippen molar-refractivity contribution in [3.8, 4) is 11.6 Å². The summed E-state index contributed by atoms with van der Waals surface area (Å²) in [6.07, 6.45) is 1.47. The van der Waals surface area contributed by atoms with Crippen molar-refractivity contribution in [2.24, 2.45) is 0 Å². The van der Waals surface area contributed by atoms with Crippen LogP contribution >= 0.6 is 0 Å². The largest absolute Gasteiger partial charge is 0.439 e. The monoisotopic (exact) mass is 376 g/mol. The van der Waals surface area contributed by atoms with Gasteiger partial charge in [0.25, 0.3) is 0 Å². The average Bonchev–Trinajstić information content (AvgIpc) is 2.61. The summed E-state index contributed by atoms with van der Waals surface area (Å²) in [7, 11) is -3.91. The van der Waals surface area contributed by atoms with Crippen molar-refractivity contribution in [2.75, 3.05) is 0 Å². The lowest BCUT2D eigenvalue weighted by Gasteiger charge is -2.11. The molecule has 134 valence electrons. The van der Waals surface area contributed by atoms with Crippen molar-refractivity contribution in [3.05, 3.63) is 84.1 Å². The van der Waals surface area contributed by atoms with Crippen molar-refractivity contribution in [1.29, 1.82) is 0 Å². The molecule has 8 heteroatoms. The van der Waals surface area contributed by atoms with Crippen LogP contribution in [0.1, 0.15) is 5.56 Å². The Morgan fingerprint density at radius 2 is 1.69 bits per heavy atom. The molecule has 0 aliphatic rings. The average molecular weight is 376 g/mol. The van der Waals surface area contributed by atoms with E-state index < -0.39 is 21.7 Å². The predicted molar refractivity (Wildman–Crippen MR) is 91.1 cm³/mol. The molecule has 0 aliphatic heterocycles. The summed E-state index contributed by atoms with van der Waals surface area (Å²) in [5.74, 6) is -0.742. The van der Waals surface area contributed by atoms with E-state index in [1.54, 1.807) is 18.2 Å². The molecule has 5 nitrogen and oxygen atoms in total. The summed E-state index contributed by atoms with van der Waals surface area (Å²) in [5.41, 5.74) is 0.441. The molecule has 0 amide bonds. The van der Waals surface area contributed by atoms with Crippen LogP contribution in [0.25, 0.3) is 0 Å². The number of rotatable bonds is 6. The second kappa shape index (κ2) is 7.59. The number of nitrogens with one attached hydrogen (secondary N) is 1. The number of halogens is 2. The van der Waals surface area contributed by atoms with E-state index in [4.69, 9.17) is 4.74 Å². The Balaban J connectivity index is 1.78. The highest BCUT2D eigenvalue weighted by molar-refractivity contribution is 7.89. The van der Waals surface area contributed by atoms with Crippen molar-refractivity contribution >= 4 is 10.0 Å². The minimum Gasteiger partial charge on any atom is -0.439 e. The standard InChI is InChI=1S/C18H14F2N2O3S/c19-14-5-1-7-16(10-14)25-18-13(4-3-9-21-18)12-22-26(23,24)17-8-2-6-15(20)11-17/h1-11,22H,12H2. The van der Waals surface area contributed by atoms with Crippen LogP contribution in [0.15, 0.2) is 71.8 Å².